The molecule has 1 aromatic carbocycles. The molecule has 0 saturated carbocycles. The van der Waals surface area contributed by atoms with Crippen LogP contribution in [0.15, 0.2) is 35.7 Å². The molecule has 0 spiro atoms. The molecule has 0 aliphatic heterocycles. The Morgan fingerprint density at radius 2 is 2.00 bits per heavy atom. The van der Waals surface area contributed by atoms with Crippen molar-refractivity contribution < 1.29 is 9.53 Å². The third-order valence-corrected chi connectivity index (χ3v) is 3.12. The van der Waals surface area contributed by atoms with Crippen LogP contribution >= 0.6 is 11.3 Å². The minimum atomic E-state index is 0.681. The van der Waals surface area contributed by atoms with Gasteiger partial charge in [-0.25, -0.2) is 0 Å². The molecule has 1 heterocycles. The monoisotopic (exact) mass is 232 g/mol. The fraction of sp³-hybridized carbons (Fsp3) is 0.154. The summed E-state index contributed by atoms with van der Waals surface area (Å²) in [6.45, 7) is 2.12. The number of benzene rings is 1. The van der Waals surface area contributed by atoms with Crippen LogP contribution in [0, 0.1) is 0 Å². The smallest absolute Gasteiger partial charge is 0.160 e. The normalized spacial score (nSPS) is 10.1. The van der Waals surface area contributed by atoms with Crippen LogP contribution in [0.4, 0.5) is 0 Å². The second kappa shape index (κ2) is 4.94. The summed E-state index contributed by atoms with van der Waals surface area (Å²) in [6.07, 6.45) is 1.85. The number of carbonyl (C=O) groups is 1. The first-order valence-electron chi connectivity index (χ1n) is 5.12. The molecule has 0 amide bonds. The molecule has 2 rings (SSSR count). The van der Waals surface area contributed by atoms with Crippen molar-refractivity contribution in [1.29, 1.82) is 0 Å². The molecular weight excluding hydrogens is 220 g/mol. The highest BCUT2D eigenvalue weighted by Crippen LogP contribution is 2.26. The van der Waals surface area contributed by atoms with Gasteiger partial charge in [-0.1, -0.05) is 19.1 Å². The number of ether oxygens (including phenoxy) is 1. The van der Waals surface area contributed by atoms with Crippen molar-refractivity contribution >= 4 is 17.6 Å². The van der Waals surface area contributed by atoms with E-state index in [9.17, 15) is 4.79 Å². The molecule has 82 valence electrons. The van der Waals surface area contributed by atoms with Crippen molar-refractivity contribution in [3.8, 4) is 11.5 Å². The highest BCUT2D eigenvalue weighted by molar-refractivity contribution is 7.11. The summed E-state index contributed by atoms with van der Waals surface area (Å²) in [4.78, 5) is 11.2. The molecule has 2 nitrogen and oxygen atoms in total. The molecule has 0 fully saturated rings. The average molecular weight is 232 g/mol. The number of aryl methyl sites for hydroxylation is 1. The van der Waals surface area contributed by atoms with E-state index in [1.165, 1.54) is 16.9 Å². The maximum absolute atomic E-state index is 10.5. The zero-order valence-electron chi connectivity index (χ0n) is 8.97. The predicted octanol–water partition coefficient (Wildman–Crippen LogP) is 3.92. The fourth-order valence-electron chi connectivity index (χ4n) is 1.38. The Morgan fingerprint density at radius 1 is 1.25 bits per heavy atom. The van der Waals surface area contributed by atoms with E-state index in [4.69, 9.17) is 4.74 Å². The molecule has 1 aromatic heterocycles. The Labute approximate surface area is 98.5 Å². The van der Waals surface area contributed by atoms with Crippen molar-refractivity contribution in [2.45, 2.75) is 13.3 Å². The van der Waals surface area contributed by atoms with Gasteiger partial charge in [0.1, 0.15) is 11.5 Å². The molecule has 0 atom stereocenters. The van der Waals surface area contributed by atoms with Crippen molar-refractivity contribution in [3.63, 3.8) is 0 Å². The van der Waals surface area contributed by atoms with E-state index < -0.39 is 0 Å². The number of carbonyl (C=O) groups excluding carboxylic acids is 1. The lowest BCUT2D eigenvalue weighted by atomic mass is 10.2. The zero-order valence-corrected chi connectivity index (χ0v) is 9.79. The second-order valence-electron chi connectivity index (χ2n) is 3.40. The van der Waals surface area contributed by atoms with Crippen LogP contribution in [0.2, 0.25) is 0 Å². The van der Waals surface area contributed by atoms with E-state index in [1.807, 2.05) is 29.6 Å². The van der Waals surface area contributed by atoms with Gasteiger partial charge in [-0.2, -0.15) is 0 Å². The van der Waals surface area contributed by atoms with Gasteiger partial charge in [0.05, 0.1) is 4.88 Å². The second-order valence-corrected chi connectivity index (χ2v) is 4.35. The zero-order chi connectivity index (χ0) is 11.4. The van der Waals surface area contributed by atoms with Gasteiger partial charge in [0.2, 0.25) is 0 Å². The SMILES string of the molecule is CCc1ccc(Oc2csc(C=O)c2)cc1. The Bertz CT molecular complexity index is 471. The van der Waals surface area contributed by atoms with Crippen molar-refractivity contribution in [2.75, 3.05) is 0 Å². The van der Waals surface area contributed by atoms with Gasteiger partial charge in [0.15, 0.2) is 6.29 Å². The highest BCUT2D eigenvalue weighted by Gasteiger charge is 2.01. The first-order chi connectivity index (χ1) is 7.81. The van der Waals surface area contributed by atoms with Crippen LogP contribution in [0.1, 0.15) is 22.2 Å². The van der Waals surface area contributed by atoms with E-state index in [2.05, 4.69) is 6.92 Å². The van der Waals surface area contributed by atoms with Crippen LogP contribution in [0.5, 0.6) is 11.5 Å². The number of aldehydes is 1. The summed E-state index contributed by atoms with van der Waals surface area (Å²) in [5.41, 5.74) is 1.28. The Hall–Kier alpha value is -1.61. The molecule has 0 N–H and O–H groups in total. The number of thiophene rings is 1. The molecule has 0 aliphatic carbocycles. The maximum atomic E-state index is 10.5. The molecule has 0 aliphatic rings. The van der Waals surface area contributed by atoms with E-state index in [1.54, 1.807) is 6.07 Å². The highest BCUT2D eigenvalue weighted by atomic mass is 32.1. The predicted molar refractivity (Wildman–Crippen MR) is 65.6 cm³/mol. The van der Waals surface area contributed by atoms with Crippen LogP contribution < -0.4 is 4.74 Å². The summed E-state index contributed by atoms with van der Waals surface area (Å²) < 4.78 is 5.61. The lowest BCUT2D eigenvalue weighted by Gasteiger charge is -2.03. The van der Waals surface area contributed by atoms with Gasteiger partial charge in [-0.15, -0.1) is 11.3 Å². The Morgan fingerprint density at radius 3 is 2.56 bits per heavy atom. The molecule has 3 heteroatoms. The molecule has 0 radical (unpaired) electrons. The number of hydrogen-bond donors (Lipinski definition) is 0. The average Bonchev–Trinajstić information content (AvgIpc) is 2.78. The lowest BCUT2D eigenvalue weighted by Crippen LogP contribution is -1.83. The molecule has 2 aromatic rings. The van der Waals surface area contributed by atoms with Gasteiger partial charge >= 0.3 is 0 Å². The number of hydrogen-bond acceptors (Lipinski definition) is 3. The van der Waals surface area contributed by atoms with Crippen LogP contribution in [-0.4, -0.2) is 6.29 Å². The minimum absolute atomic E-state index is 0.681. The Kier molecular flexibility index (Phi) is 3.37. The van der Waals surface area contributed by atoms with Gasteiger partial charge < -0.3 is 4.74 Å². The van der Waals surface area contributed by atoms with E-state index in [-0.39, 0.29) is 0 Å². The quantitative estimate of drug-likeness (QED) is 0.747. The van der Waals surface area contributed by atoms with Crippen LogP contribution in [-0.2, 0) is 6.42 Å². The third kappa shape index (κ3) is 2.49. The van der Waals surface area contributed by atoms with Crippen molar-refractivity contribution in [3.05, 3.63) is 46.2 Å². The van der Waals surface area contributed by atoms with Gasteiger partial charge in [-0.05, 0) is 24.1 Å². The lowest BCUT2D eigenvalue weighted by molar-refractivity contribution is 0.112. The van der Waals surface area contributed by atoms with E-state index >= 15 is 0 Å². The van der Waals surface area contributed by atoms with Crippen molar-refractivity contribution in [2.24, 2.45) is 0 Å². The molecule has 0 saturated heterocycles. The molecule has 16 heavy (non-hydrogen) atoms. The van der Waals surface area contributed by atoms with Gasteiger partial charge in [0, 0.05) is 11.4 Å². The van der Waals surface area contributed by atoms with Crippen LogP contribution in [0.3, 0.4) is 0 Å². The first kappa shape index (κ1) is 10.9. The summed E-state index contributed by atoms with van der Waals surface area (Å²) >= 11 is 1.38. The topological polar surface area (TPSA) is 26.3 Å². The Balaban J connectivity index is 2.10. The van der Waals surface area contributed by atoms with Gasteiger partial charge in [0.25, 0.3) is 0 Å². The van der Waals surface area contributed by atoms with E-state index in [0.717, 1.165) is 24.2 Å². The minimum Gasteiger partial charge on any atom is -0.456 e. The summed E-state index contributed by atoms with van der Waals surface area (Å²) in [7, 11) is 0. The van der Waals surface area contributed by atoms with Gasteiger partial charge in [-0.3, -0.25) is 4.79 Å². The van der Waals surface area contributed by atoms with Crippen LogP contribution in [0.25, 0.3) is 0 Å². The standard InChI is InChI=1S/C13H12O2S/c1-2-10-3-5-11(6-4-10)15-12-7-13(8-14)16-9-12/h3-9H,2H2,1H3. The third-order valence-electron chi connectivity index (χ3n) is 2.28. The largest absolute Gasteiger partial charge is 0.456 e. The van der Waals surface area contributed by atoms with Crippen molar-refractivity contribution in [1.82, 2.24) is 0 Å². The maximum Gasteiger partial charge on any atom is 0.160 e. The summed E-state index contributed by atoms with van der Waals surface area (Å²) in [5.74, 6) is 1.52. The summed E-state index contributed by atoms with van der Waals surface area (Å²) in [5, 5.41) is 1.83. The first-order valence-corrected chi connectivity index (χ1v) is 6.00. The van der Waals surface area contributed by atoms with E-state index in [0.29, 0.717) is 4.88 Å². The molecular formula is C13H12O2S. The fourth-order valence-corrected chi connectivity index (χ4v) is 1.99. The summed E-state index contributed by atoms with van der Waals surface area (Å²) in [6, 6.07) is 9.71. The molecule has 0 unspecified atom stereocenters. The number of rotatable bonds is 4. The molecule has 0 bridgehead atoms.